The first-order valence-corrected chi connectivity index (χ1v) is 7.54. The summed E-state index contributed by atoms with van der Waals surface area (Å²) in [6.45, 7) is 4.28. The lowest BCUT2D eigenvalue weighted by Crippen LogP contribution is -2.16. The topological polar surface area (TPSA) is 38.3 Å². The molecule has 0 bridgehead atoms. The van der Waals surface area contributed by atoms with E-state index in [9.17, 15) is 4.79 Å². The van der Waals surface area contributed by atoms with Gasteiger partial charge in [0.15, 0.2) is 0 Å². The fourth-order valence-electron chi connectivity index (χ4n) is 1.88. The quantitative estimate of drug-likeness (QED) is 0.906. The molecule has 0 spiro atoms. The smallest absolute Gasteiger partial charge is 0.250 e. The van der Waals surface area contributed by atoms with Gasteiger partial charge in [0.1, 0.15) is 6.61 Å². The number of carbonyl (C=O) groups is 1. The van der Waals surface area contributed by atoms with Gasteiger partial charge in [-0.25, -0.2) is 0 Å². The number of aryl methyl sites for hydroxylation is 2. The summed E-state index contributed by atoms with van der Waals surface area (Å²) in [5.74, 6) is -0.146. The van der Waals surface area contributed by atoms with Gasteiger partial charge in [-0.15, -0.1) is 0 Å². The molecule has 1 N–H and O–H groups in total. The Hall–Kier alpha value is -1.78. The van der Waals surface area contributed by atoms with E-state index >= 15 is 0 Å². The van der Waals surface area contributed by atoms with Gasteiger partial charge in [-0.1, -0.05) is 23.9 Å². The molecule has 0 aliphatic carbocycles. The number of ether oxygens (including phenoxy) is 1. The standard InChI is InChI=1S/C17H19NO2S/c1-12-4-5-13(2)16(10-12)21-15-8-6-14(7-9-15)18-17(19)11-20-3/h4-10H,11H2,1-3H3,(H,18,19). The zero-order valence-electron chi connectivity index (χ0n) is 12.5. The first-order valence-electron chi connectivity index (χ1n) is 6.72. The lowest BCUT2D eigenvalue weighted by Gasteiger charge is -2.08. The fourth-order valence-corrected chi connectivity index (χ4v) is 2.88. The van der Waals surface area contributed by atoms with Gasteiger partial charge in [-0.05, 0) is 55.3 Å². The van der Waals surface area contributed by atoms with Crippen LogP contribution in [0.5, 0.6) is 0 Å². The number of hydrogen-bond acceptors (Lipinski definition) is 3. The molecule has 1 amide bonds. The summed E-state index contributed by atoms with van der Waals surface area (Å²) >= 11 is 1.73. The molecule has 0 aliphatic rings. The van der Waals surface area contributed by atoms with Crippen LogP contribution in [-0.4, -0.2) is 19.6 Å². The molecule has 0 radical (unpaired) electrons. The average molecular weight is 301 g/mol. The van der Waals surface area contributed by atoms with Crippen LogP contribution in [0.15, 0.2) is 52.3 Å². The molecular weight excluding hydrogens is 282 g/mol. The zero-order valence-corrected chi connectivity index (χ0v) is 13.3. The van der Waals surface area contributed by atoms with Crippen LogP contribution in [0.2, 0.25) is 0 Å². The molecule has 4 heteroatoms. The third kappa shape index (κ3) is 4.62. The molecule has 110 valence electrons. The summed E-state index contributed by atoms with van der Waals surface area (Å²) in [6, 6.07) is 14.3. The summed E-state index contributed by atoms with van der Waals surface area (Å²) in [5, 5.41) is 2.78. The van der Waals surface area contributed by atoms with Crippen molar-refractivity contribution in [3.05, 3.63) is 53.6 Å². The normalized spacial score (nSPS) is 10.4. The van der Waals surface area contributed by atoms with Gasteiger partial charge >= 0.3 is 0 Å². The predicted molar refractivity (Wildman–Crippen MR) is 87.0 cm³/mol. The summed E-state index contributed by atoms with van der Waals surface area (Å²) in [7, 11) is 1.50. The van der Waals surface area contributed by atoms with E-state index in [-0.39, 0.29) is 12.5 Å². The van der Waals surface area contributed by atoms with Gasteiger partial charge in [0, 0.05) is 22.6 Å². The number of methoxy groups -OCH3 is 1. The van der Waals surface area contributed by atoms with Gasteiger partial charge in [0.05, 0.1) is 0 Å². The second-order valence-corrected chi connectivity index (χ2v) is 5.99. The monoisotopic (exact) mass is 301 g/mol. The molecule has 3 nitrogen and oxygen atoms in total. The van der Waals surface area contributed by atoms with E-state index in [1.165, 1.54) is 23.1 Å². The molecule has 2 aromatic carbocycles. The maximum Gasteiger partial charge on any atom is 0.250 e. The highest BCUT2D eigenvalue weighted by molar-refractivity contribution is 7.99. The van der Waals surface area contributed by atoms with E-state index in [2.05, 4.69) is 37.4 Å². The van der Waals surface area contributed by atoms with Crippen LogP contribution >= 0.6 is 11.8 Å². The molecule has 0 saturated carbocycles. The molecule has 21 heavy (non-hydrogen) atoms. The van der Waals surface area contributed by atoms with Crippen molar-refractivity contribution in [1.29, 1.82) is 0 Å². The minimum absolute atomic E-state index is 0.0684. The Balaban J connectivity index is 2.05. The molecule has 2 rings (SSSR count). The number of amides is 1. The lowest BCUT2D eigenvalue weighted by molar-refractivity contribution is -0.119. The average Bonchev–Trinajstić information content (AvgIpc) is 2.45. The van der Waals surface area contributed by atoms with E-state index in [4.69, 9.17) is 4.74 Å². The van der Waals surface area contributed by atoms with Crippen LogP contribution in [0.3, 0.4) is 0 Å². The molecule has 0 heterocycles. The van der Waals surface area contributed by atoms with E-state index in [0.717, 1.165) is 10.6 Å². The zero-order chi connectivity index (χ0) is 15.2. The van der Waals surface area contributed by atoms with Gasteiger partial charge in [0.25, 0.3) is 0 Å². The van der Waals surface area contributed by atoms with Crippen molar-refractivity contribution in [3.8, 4) is 0 Å². The van der Waals surface area contributed by atoms with E-state index in [1.807, 2.05) is 24.3 Å². The Morgan fingerprint density at radius 2 is 1.86 bits per heavy atom. The van der Waals surface area contributed by atoms with Crippen molar-refractivity contribution < 1.29 is 9.53 Å². The Kier molecular flexibility index (Phi) is 5.42. The third-order valence-electron chi connectivity index (χ3n) is 2.98. The molecule has 0 atom stereocenters. The highest BCUT2D eigenvalue weighted by atomic mass is 32.2. The number of carbonyl (C=O) groups excluding carboxylic acids is 1. The highest BCUT2D eigenvalue weighted by Gasteiger charge is 2.04. The molecule has 0 unspecified atom stereocenters. The highest BCUT2D eigenvalue weighted by Crippen LogP contribution is 2.31. The lowest BCUT2D eigenvalue weighted by atomic mass is 10.2. The van der Waals surface area contributed by atoms with Crippen molar-refractivity contribution in [3.63, 3.8) is 0 Å². The molecule has 0 aromatic heterocycles. The molecule has 2 aromatic rings. The Labute approximate surface area is 129 Å². The Bertz CT molecular complexity index is 623. The largest absolute Gasteiger partial charge is 0.375 e. The van der Waals surface area contributed by atoms with Crippen molar-refractivity contribution in [2.45, 2.75) is 23.6 Å². The van der Waals surface area contributed by atoms with Crippen LogP contribution in [0.1, 0.15) is 11.1 Å². The first-order chi connectivity index (χ1) is 10.1. The molecule has 0 saturated heterocycles. The maximum absolute atomic E-state index is 11.4. The Morgan fingerprint density at radius 1 is 1.14 bits per heavy atom. The summed E-state index contributed by atoms with van der Waals surface area (Å²) in [6.07, 6.45) is 0. The molecule has 0 aliphatic heterocycles. The second kappa shape index (κ2) is 7.29. The maximum atomic E-state index is 11.4. The number of benzene rings is 2. The van der Waals surface area contributed by atoms with Gasteiger partial charge in [-0.2, -0.15) is 0 Å². The Morgan fingerprint density at radius 3 is 2.52 bits per heavy atom. The van der Waals surface area contributed by atoms with Crippen LogP contribution < -0.4 is 5.32 Å². The SMILES string of the molecule is COCC(=O)Nc1ccc(Sc2cc(C)ccc2C)cc1. The van der Waals surface area contributed by atoms with E-state index < -0.39 is 0 Å². The van der Waals surface area contributed by atoms with E-state index in [1.54, 1.807) is 11.8 Å². The van der Waals surface area contributed by atoms with E-state index in [0.29, 0.717) is 0 Å². The minimum Gasteiger partial charge on any atom is -0.375 e. The van der Waals surface area contributed by atoms with Crippen LogP contribution in [0, 0.1) is 13.8 Å². The van der Waals surface area contributed by atoms with Crippen LogP contribution in [-0.2, 0) is 9.53 Å². The van der Waals surface area contributed by atoms with Crippen molar-refractivity contribution in [2.75, 3.05) is 19.0 Å². The third-order valence-corrected chi connectivity index (χ3v) is 4.15. The van der Waals surface area contributed by atoms with Crippen LogP contribution in [0.4, 0.5) is 5.69 Å². The predicted octanol–water partition coefficient (Wildman–Crippen LogP) is 4.04. The fraction of sp³-hybridized carbons (Fsp3) is 0.235. The summed E-state index contributed by atoms with van der Waals surface area (Å²) < 4.78 is 4.79. The van der Waals surface area contributed by atoms with Gasteiger partial charge < -0.3 is 10.1 Å². The number of anilines is 1. The van der Waals surface area contributed by atoms with Crippen LogP contribution in [0.25, 0.3) is 0 Å². The van der Waals surface area contributed by atoms with Gasteiger partial charge in [0.2, 0.25) is 5.91 Å². The van der Waals surface area contributed by atoms with Crippen molar-refractivity contribution in [1.82, 2.24) is 0 Å². The first kappa shape index (κ1) is 15.6. The molecule has 0 fully saturated rings. The molecular formula is C17H19NO2S. The second-order valence-electron chi connectivity index (χ2n) is 4.88. The number of hydrogen-bond donors (Lipinski definition) is 1. The van der Waals surface area contributed by atoms with Crippen molar-refractivity contribution in [2.24, 2.45) is 0 Å². The van der Waals surface area contributed by atoms with Gasteiger partial charge in [-0.3, -0.25) is 4.79 Å². The number of nitrogens with one attached hydrogen (secondary N) is 1. The summed E-state index contributed by atoms with van der Waals surface area (Å²) in [5.41, 5.74) is 3.30. The minimum atomic E-state index is -0.146. The van der Waals surface area contributed by atoms with Crippen molar-refractivity contribution >= 4 is 23.4 Å². The number of rotatable bonds is 5. The summed E-state index contributed by atoms with van der Waals surface area (Å²) in [4.78, 5) is 13.8.